The first-order valence-electron chi connectivity index (χ1n) is 6.40. The Bertz CT molecular complexity index is 477. The Labute approximate surface area is 122 Å². The van der Waals surface area contributed by atoms with Crippen LogP contribution >= 0.6 is 11.6 Å². The van der Waals surface area contributed by atoms with Gasteiger partial charge in [-0.25, -0.2) is 10.8 Å². The van der Waals surface area contributed by atoms with E-state index in [9.17, 15) is 4.79 Å². The molecule has 1 aromatic rings. The van der Waals surface area contributed by atoms with Gasteiger partial charge in [-0.2, -0.15) is 0 Å². The molecule has 0 saturated carbocycles. The van der Waals surface area contributed by atoms with Gasteiger partial charge in [0.1, 0.15) is 0 Å². The maximum absolute atomic E-state index is 12.3. The lowest BCUT2D eigenvalue weighted by molar-refractivity contribution is 0.0614. The highest BCUT2D eigenvalue weighted by Gasteiger charge is 2.22. The zero-order valence-electron chi connectivity index (χ0n) is 11.0. The average Bonchev–Trinajstić information content (AvgIpc) is 2.47. The summed E-state index contributed by atoms with van der Waals surface area (Å²) in [5.41, 5.74) is 2.81. The van der Waals surface area contributed by atoms with Gasteiger partial charge >= 0.3 is 0 Å². The number of piperazine rings is 1. The summed E-state index contributed by atoms with van der Waals surface area (Å²) >= 11 is 5.97. The molecule has 1 aliphatic heterocycles. The van der Waals surface area contributed by atoms with E-state index < -0.39 is 0 Å². The Morgan fingerprint density at radius 1 is 1.45 bits per heavy atom. The van der Waals surface area contributed by atoms with Crippen molar-refractivity contribution in [2.75, 3.05) is 44.8 Å². The standard InChI is InChI=1S/C12H18ClN5O2/c13-10-7-9(8-15-11(10)16-14)12(20)18-3-1-17(2-4-18)5-6-19/h7-8,19H,1-6,14H2,(H,15,16). The summed E-state index contributed by atoms with van der Waals surface area (Å²) in [5.74, 6) is 5.50. The van der Waals surface area contributed by atoms with E-state index in [-0.39, 0.29) is 12.5 Å². The lowest BCUT2D eigenvalue weighted by atomic mass is 10.2. The number of nitrogens with one attached hydrogen (secondary N) is 1. The Morgan fingerprint density at radius 2 is 2.15 bits per heavy atom. The normalized spacial score (nSPS) is 16.2. The van der Waals surface area contributed by atoms with Crippen LogP contribution < -0.4 is 11.3 Å². The first-order valence-corrected chi connectivity index (χ1v) is 6.78. The molecule has 7 nitrogen and oxygen atoms in total. The molecule has 0 bridgehead atoms. The van der Waals surface area contributed by atoms with Gasteiger partial charge in [0.2, 0.25) is 0 Å². The molecule has 1 aromatic heterocycles. The number of hydrogen-bond acceptors (Lipinski definition) is 6. The first kappa shape index (κ1) is 15.0. The van der Waals surface area contributed by atoms with Gasteiger partial charge in [0.25, 0.3) is 5.91 Å². The monoisotopic (exact) mass is 299 g/mol. The van der Waals surface area contributed by atoms with Crippen LogP contribution in [0.1, 0.15) is 10.4 Å². The second-order valence-electron chi connectivity index (χ2n) is 4.56. The number of hydrazine groups is 1. The number of nitrogen functional groups attached to an aromatic ring is 1. The summed E-state index contributed by atoms with van der Waals surface area (Å²) in [6.45, 7) is 3.57. The fourth-order valence-electron chi connectivity index (χ4n) is 2.16. The third-order valence-electron chi connectivity index (χ3n) is 3.30. The molecule has 0 spiro atoms. The van der Waals surface area contributed by atoms with Crippen LogP contribution in [0, 0.1) is 0 Å². The van der Waals surface area contributed by atoms with Crippen molar-refractivity contribution in [1.29, 1.82) is 0 Å². The SMILES string of the molecule is NNc1ncc(C(=O)N2CCN(CCO)CC2)cc1Cl. The van der Waals surface area contributed by atoms with E-state index in [1.165, 1.54) is 6.20 Å². The molecule has 20 heavy (non-hydrogen) atoms. The number of β-amino-alcohol motifs (C(OH)–C–C–N with tert-alkyl or cyclic N) is 1. The molecule has 8 heteroatoms. The van der Waals surface area contributed by atoms with Crippen LogP contribution in [0.3, 0.4) is 0 Å². The largest absolute Gasteiger partial charge is 0.395 e. The molecule has 1 amide bonds. The maximum atomic E-state index is 12.3. The Hall–Kier alpha value is -1.41. The number of hydrogen-bond donors (Lipinski definition) is 3. The summed E-state index contributed by atoms with van der Waals surface area (Å²) in [5, 5.41) is 9.21. The number of aliphatic hydroxyl groups is 1. The molecule has 4 N–H and O–H groups in total. The zero-order valence-corrected chi connectivity index (χ0v) is 11.8. The molecule has 0 unspecified atom stereocenters. The molecule has 1 saturated heterocycles. The van der Waals surface area contributed by atoms with Gasteiger partial charge in [0, 0.05) is 38.9 Å². The van der Waals surface area contributed by atoms with Crippen molar-refractivity contribution in [2.24, 2.45) is 5.84 Å². The van der Waals surface area contributed by atoms with Gasteiger partial charge in [-0.1, -0.05) is 11.6 Å². The minimum Gasteiger partial charge on any atom is -0.395 e. The van der Waals surface area contributed by atoms with Gasteiger partial charge in [0.15, 0.2) is 5.82 Å². The molecule has 2 rings (SSSR count). The molecular weight excluding hydrogens is 282 g/mol. The molecule has 1 fully saturated rings. The van der Waals surface area contributed by atoms with Gasteiger partial charge in [-0.15, -0.1) is 0 Å². The smallest absolute Gasteiger partial charge is 0.255 e. The van der Waals surface area contributed by atoms with E-state index in [1.54, 1.807) is 11.0 Å². The van der Waals surface area contributed by atoms with E-state index in [0.29, 0.717) is 36.0 Å². The second kappa shape index (κ2) is 6.85. The lowest BCUT2D eigenvalue weighted by Gasteiger charge is -2.34. The quantitative estimate of drug-likeness (QED) is 0.525. The van der Waals surface area contributed by atoms with Crippen molar-refractivity contribution in [3.8, 4) is 0 Å². The van der Waals surface area contributed by atoms with E-state index in [0.717, 1.165) is 13.1 Å². The molecule has 0 aromatic carbocycles. The van der Waals surface area contributed by atoms with Gasteiger partial charge < -0.3 is 15.4 Å². The maximum Gasteiger partial charge on any atom is 0.255 e. The number of nitrogens with two attached hydrogens (primary N) is 1. The number of anilines is 1. The predicted octanol–water partition coefficient (Wildman–Crippen LogP) is -0.229. The summed E-state index contributed by atoms with van der Waals surface area (Å²) in [4.78, 5) is 20.2. The Kier molecular flexibility index (Phi) is 5.13. The van der Waals surface area contributed by atoms with Crippen molar-refractivity contribution in [3.63, 3.8) is 0 Å². The highest BCUT2D eigenvalue weighted by molar-refractivity contribution is 6.33. The number of amides is 1. The van der Waals surface area contributed by atoms with Crippen LogP contribution in [0.25, 0.3) is 0 Å². The molecule has 0 atom stereocenters. The fraction of sp³-hybridized carbons (Fsp3) is 0.500. The highest BCUT2D eigenvalue weighted by Crippen LogP contribution is 2.20. The van der Waals surface area contributed by atoms with Crippen LogP contribution in [-0.4, -0.2) is 65.1 Å². The number of carbonyl (C=O) groups is 1. The first-order chi connectivity index (χ1) is 9.65. The summed E-state index contributed by atoms with van der Waals surface area (Å²) < 4.78 is 0. The molecule has 110 valence electrons. The number of rotatable bonds is 4. The lowest BCUT2D eigenvalue weighted by Crippen LogP contribution is -2.49. The summed E-state index contributed by atoms with van der Waals surface area (Å²) in [6.07, 6.45) is 1.46. The van der Waals surface area contributed by atoms with Crippen LogP contribution in [0.5, 0.6) is 0 Å². The highest BCUT2D eigenvalue weighted by atomic mass is 35.5. The van der Waals surface area contributed by atoms with Gasteiger partial charge in [0.05, 0.1) is 17.2 Å². The van der Waals surface area contributed by atoms with Crippen LogP contribution in [-0.2, 0) is 0 Å². The predicted molar refractivity (Wildman–Crippen MR) is 76.5 cm³/mol. The van der Waals surface area contributed by atoms with Crippen molar-refractivity contribution in [1.82, 2.24) is 14.8 Å². The average molecular weight is 300 g/mol. The summed E-state index contributed by atoms with van der Waals surface area (Å²) in [7, 11) is 0. The number of carbonyl (C=O) groups excluding carboxylic acids is 1. The number of pyridine rings is 1. The Balaban J connectivity index is 2.00. The van der Waals surface area contributed by atoms with Crippen molar-refractivity contribution < 1.29 is 9.90 Å². The Morgan fingerprint density at radius 3 is 2.70 bits per heavy atom. The van der Waals surface area contributed by atoms with E-state index in [4.69, 9.17) is 22.6 Å². The number of aromatic nitrogens is 1. The molecule has 0 radical (unpaired) electrons. The fourth-order valence-corrected chi connectivity index (χ4v) is 2.38. The summed E-state index contributed by atoms with van der Waals surface area (Å²) in [6, 6.07) is 1.56. The number of aliphatic hydroxyl groups excluding tert-OH is 1. The van der Waals surface area contributed by atoms with Crippen molar-refractivity contribution >= 4 is 23.3 Å². The van der Waals surface area contributed by atoms with Gasteiger partial charge in [-0.3, -0.25) is 9.69 Å². The van der Waals surface area contributed by atoms with Crippen LogP contribution in [0.4, 0.5) is 5.82 Å². The van der Waals surface area contributed by atoms with Crippen molar-refractivity contribution in [3.05, 3.63) is 22.8 Å². The van der Waals surface area contributed by atoms with Crippen LogP contribution in [0.2, 0.25) is 5.02 Å². The molecule has 1 aliphatic rings. The third kappa shape index (κ3) is 3.37. The second-order valence-corrected chi connectivity index (χ2v) is 4.96. The number of nitrogens with zero attached hydrogens (tertiary/aromatic N) is 3. The van der Waals surface area contributed by atoms with Crippen LogP contribution in [0.15, 0.2) is 12.3 Å². The van der Waals surface area contributed by atoms with E-state index >= 15 is 0 Å². The molecule has 0 aliphatic carbocycles. The minimum absolute atomic E-state index is 0.0911. The van der Waals surface area contributed by atoms with Crippen molar-refractivity contribution in [2.45, 2.75) is 0 Å². The number of halogens is 1. The van der Waals surface area contributed by atoms with E-state index in [2.05, 4.69) is 15.3 Å². The molecule has 2 heterocycles. The third-order valence-corrected chi connectivity index (χ3v) is 3.59. The molecular formula is C12H18ClN5O2. The van der Waals surface area contributed by atoms with E-state index in [1.807, 2.05) is 0 Å². The zero-order chi connectivity index (χ0) is 14.5. The minimum atomic E-state index is -0.0911. The topological polar surface area (TPSA) is 94.7 Å². The van der Waals surface area contributed by atoms with Gasteiger partial charge in [-0.05, 0) is 6.07 Å².